The van der Waals surface area contributed by atoms with Crippen molar-refractivity contribution in [3.05, 3.63) is 5.82 Å². The van der Waals surface area contributed by atoms with E-state index in [1.807, 2.05) is 7.05 Å². The number of rotatable bonds is 4. The van der Waals surface area contributed by atoms with E-state index < -0.39 is 14.6 Å². The molecule has 2 heterocycles. The Labute approximate surface area is 120 Å². The first-order valence-electron chi connectivity index (χ1n) is 6.80. The minimum absolute atomic E-state index is 0.394. The summed E-state index contributed by atoms with van der Waals surface area (Å²) in [7, 11) is -1.28. The first kappa shape index (κ1) is 15.2. The van der Waals surface area contributed by atoms with Gasteiger partial charge in [0.2, 0.25) is 5.95 Å². The summed E-state index contributed by atoms with van der Waals surface area (Å²) in [5, 5.41) is 10.2. The lowest BCUT2D eigenvalue weighted by Crippen LogP contribution is -2.41. The van der Waals surface area contributed by atoms with E-state index in [1.54, 1.807) is 13.8 Å². The lowest BCUT2D eigenvalue weighted by molar-refractivity contribution is 0.439. The summed E-state index contributed by atoms with van der Waals surface area (Å²) in [6.45, 7) is 5.03. The standard InChI is InChI=1S/C12H23N5O2S/c1-12(2,20(4,18)19)10-14-11(16-15-10)17-7-5-9(13-3)6-8-17/h9,13H,5-8H2,1-4H3,(H,14,15,16). The van der Waals surface area contributed by atoms with Gasteiger partial charge in [-0.15, -0.1) is 5.10 Å². The number of hydrogen-bond donors (Lipinski definition) is 2. The average Bonchev–Trinajstić information content (AvgIpc) is 2.87. The molecule has 7 nitrogen and oxygen atoms in total. The zero-order valence-corrected chi connectivity index (χ0v) is 13.3. The number of aromatic nitrogens is 3. The van der Waals surface area contributed by atoms with Crippen LogP contribution in [0, 0.1) is 0 Å². The van der Waals surface area contributed by atoms with E-state index in [0.29, 0.717) is 17.8 Å². The zero-order chi connectivity index (χ0) is 15.0. The van der Waals surface area contributed by atoms with E-state index in [0.717, 1.165) is 25.9 Å². The molecule has 1 aromatic heterocycles. The van der Waals surface area contributed by atoms with Crippen LogP contribution in [0.25, 0.3) is 0 Å². The van der Waals surface area contributed by atoms with Crippen LogP contribution in [0.1, 0.15) is 32.5 Å². The molecule has 8 heteroatoms. The first-order valence-corrected chi connectivity index (χ1v) is 8.69. The number of piperidine rings is 1. The number of aromatic amines is 1. The summed E-state index contributed by atoms with van der Waals surface area (Å²) in [6, 6.07) is 0.539. The Kier molecular flexibility index (Phi) is 4.06. The van der Waals surface area contributed by atoms with Crippen LogP contribution in [0.15, 0.2) is 0 Å². The smallest absolute Gasteiger partial charge is 0.244 e. The van der Waals surface area contributed by atoms with Crippen LogP contribution in [0.3, 0.4) is 0 Å². The van der Waals surface area contributed by atoms with Gasteiger partial charge in [-0.05, 0) is 33.7 Å². The fraction of sp³-hybridized carbons (Fsp3) is 0.833. The highest BCUT2D eigenvalue weighted by molar-refractivity contribution is 7.91. The van der Waals surface area contributed by atoms with Crippen molar-refractivity contribution in [1.82, 2.24) is 20.5 Å². The Morgan fingerprint density at radius 1 is 1.35 bits per heavy atom. The third-order valence-corrected chi connectivity index (χ3v) is 6.20. The van der Waals surface area contributed by atoms with Gasteiger partial charge in [0.15, 0.2) is 9.84 Å². The molecule has 1 saturated heterocycles. The quantitative estimate of drug-likeness (QED) is 0.829. The van der Waals surface area contributed by atoms with Gasteiger partial charge in [-0.1, -0.05) is 0 Å². The molecule has 0 saturated carbocycles. The molecule has 0 radical (unpaired) electrons. The highest BCUT2D eigenvalue weighted by Gasteiger charge is 2.36. The van der Waals surface area contributed by atoms with E-state index in [4.69, 9.17) is 0 Å². The van der Waals surface area contributed by atoms with Gasteiger partial charge in [-0.3, -0.25) is 5.10 Å². The maximum Gasteiger partial charge on any atom is 0.244 e. The summed E-state index contributed by atoms with van der Waals surface area (Å²) < 4.78 is 22.6. The molecule has 0 spiro atoms. The molecule has 1 aliphatic heterocycles. The summed E-state index contributed by atoms with van der Waals surface area (Å²) in [5.41, 5.74) is 0. The number of H-pyrrole nitrogens is 1. The minimum atomic E-state index is -3.25. The molecule has 2 N–H and O–H groups in total. The summed E-state index contributed by atoms with van der Waals surface area (Å²) in [5.74, 6) is 0.983. The molecule has 0 bridgehead atoms. The molecule has 1 aliphatic rings. The molecule has 0 atom stereocenters. The molecule has 1 aromatic rings. The van der Waals surface area contributed by atoms with Crippen molar-refractivity contribution in [1.29, 1.82) is 0 Å². The van der Waals surface area contributed by atoms with Gasteiger partial charge in [0.25, 0.3) is 0 Å². The summed E-state index contributed by atoms with van der Waals surface area (Å²) >= 11 is 0. The van der Waals surface area contributed by atoms with Crippen molar-refractivity contribution in [2.24, 2.45) is 0 Å². The van der Waals surface area contributed by atoms with Crippen LogP contribution in [-0.4, -0.2) is 56.0 Å². The van der Waals surface area contributed by atoms with Crippen molar-refractivity contribution >= 4 is 15.8 Å². The maximum absolute atomic E-state index is 11.8. The molecule has 1 fully saturated rings. The average molecular weight is 301 g/mol. The van der Waals surface area contributed by atoms with Gasteiger partial charge < -0.3 is 10.2 Å². The van der Waals surface area contributed by atoms with E-state index in [9.17, 15) is 8.42 Å². The van der Waals surface area contributed by atoms with Crippen molar-refractivity contribution < 1.29 is 8.42 Å². The monoisotopic (exact) mass is 301 g/mol. The van der Waals surface area contributed by atoms with Crippen molar-refractivity contribution in [3.63, 3.8) is 0 Å². The molecule has 0 aromatic carbocycles. The second-order valence-corrected chi connectivity index (χ2v) is 8.38. The van der Waals surface area contributed by atoms with Crippen LogP contribution < -0.4 is 10.2 Å². The van der Waals surface area contributed by atoms with Gasteiger partial charge in [0, 0.05) is 25.4 Å². The fourth-order valence-electron chi connectivity index (χ4n) is 2.21. The number of hydrogen-bond acceptors (Lipinski definition) is 6. The predicted octanol–water partition coefficient (Wildman–Crippen LogP) is 0.273. The number of sulfone groups is 1. The van der Waals surface area contributed by atoms with Crippen LogP contribution in [0.5, 0.6) is 0 Å². The lowest BCUT2D eigenvalue weighted by atomic mass is 10.1. The van der Waals surface area contributed by atoms with E-state index in [2.05, 4.69) is 25.4 Å². The van der Waals surface area contributed by atoms with Crippen LogP contribution >= 0.6 is 0 Å². The molecule has 0 unspecified atom stereocenters. The fourth-order valence-corrected chi connectivity index (χ4v) is 2.65. The third kappa shape index (κ3) is 2.80. The third-order valence-electron chi connectivity index (χ3n) is 4.16. The number of nitrogens with zero attached hydrogens (tertiary/aromatic N) is 3. The van der Waals surface area contributed by atoms with Gasteiger partial charge in [0.1, 0.15) is 10.6 Å². The Bertz CT molecular complexity index is 558. The van der Waals surface area contributed by atoms with E-state index >= 15 is 0 Å². The molecular formula is C12H23N5O2S. The van der Waals surface area contributed by atoms with Crippen LogP contribution in [-0.2, 0) is 14.6 Å². The Morgan fingerprint density at radius 3 is 2.45 bits per heavy atom. The zero-order valence-electron chi connectivity index (χ0n) is 12.5. The van der Waals surface area contributed by atoms with Crippen molar-refractivity contribution in [2.75, 3.05) is 31.3 Å². The molecule has 20 heavy (non-hydrogen) atoms. The van der Waals surface area contributed by atoms with E-state index in [1.165, 1.54) is 6.26 Å². The Hall–Kier alpha value is -1.15. The van der Waals surface area contributed by atoms with Gasteiger partial charge >= 0.3 is 0 Å². The van der Waals surface area contributed by atoms with Crippen molar-refractivity contribution in [2.45, 2.75) is 37.5 Å². The first-order chi connectivity index (χ1) is 9.25. The Morgan fingerprint density at radius 2 is 1.95 bits per heavy atom. The highest BCUT2D eigenvalue weighted by atomic mass is 32.2. The molecule has 114 valence electrons. The molecule has 0 aliphatic carbocycles. The maximum atomic E-state index is 11.8. The molecule has 0 amide bonds. The van der Waals surface area contributed by atoms with E-state index in [-0.39, 0.29) is 0 Å². The Balaban J connectivity index is 2.14. The number of anilines is 1. The summed E-state index contributed by atoms with van der Waals surface area (Å²) in [4.78, 5) is 6.47. The van der Waals surface area contributed by atoms with Crippen molar-refractivity contribution in [3.8, 4) is 0 Å². The molecule has 2 rings (SSSR count). The topological polar surface area (TPSA) is 91.0 Å². The normalized spacial score (nSPS) is 18.5. The largest absolute Gasteiger partial charge is 0.339 e. The lowest BCUT2D eigenvalue weighted by Gasteiger charge is -2.30. The van der Waals surface area contributed by atoms with Crippen LogP contribution in [0.2, 0.25) is 0 Å². The summed E-state index contributed by atoms with van der Waals surface area (Å²) in [6.07, 6.45) is 3.29. The van der Waals surface area contributed by atoms with Gasteiger partial charge in [0.05, 0.1) is 0 Å². The number of nitrogens with one attached hydrogen (secondary N) is 2. The minimum Gasteiger partial charge on any atom is -0.339 e. The van der Waals surface area contributed by atoms with Crippen LogP contribution in [0.4, 0.5) is 5.95 Å². The SMILES string of the molecule is CNC1CCN(c2n[nH]c(C(C)(C)S(C)(=O)=O)n2)CC1. The second kappa shape index (κ2) is 5.33. The second-order valence-electron chi connectivity index (χ2n) is 5.82. The van der Waals surface area contributed by atoms with Gasteiger partial charge in [-0.2, -0.15) is 4.98 Å². The molecular weight excluding hydrogens is 278 g/mol. The van der Waals surface area contributed by atoms with Gasteiger partial charge in [-0.25, -0.2) is 8.42 Å². The predicted molar refractivity (Wildman–Crippen MR) is 78.5 cm³/mol. The highest BCUT2D eigenvalue weighted by Crippen LogP contribution is 2.27.